The van der Waals surface area contributed by atoms with Gasteiger partial charge in [-0.1, -0.05) is 11.6 Å². The molecule has 1 aromatic heterocycles. The predicted molar refractivity (Wildman–Crippen MR) is 66.6 cm³/mol. The highest BCUT2D eigenvalue weighted by Crippen LogP contribution is 2.32. The van der Waals surface area contributed by atoms with E-state index in [1.807, 2.05) is 0 Å². The number of benzene rings is 1. The molecule has 0 aliphatic heterocycles. The van der Waals surface area contributed by atoms with E-state index in [1.165, 1.54) is 18.6 Å². The molecule has 2 rings (SSSR count). The molecule has 0 atom stereocenters. The Balaban J connectivity index is 2.95. The smallest absolute Gasteiger partial charge is 0.340 e. The average molecular weight is 271 g/mol. The molecule has 0 aliphatic rings. The van der Waals surface area contributed by atoms with Crippen molar-refractivity contribution in [1.29, 1.82) is 0 Å². The van der Waals surface area contributed by atoms with Crippen molar-refractivity contribution in [2.24, 2.45) is 0 Å². The Hall–Kier alpha value is -1.59. The SMILES string of the molecule is COc1ccc(Cl)c2c(=O)c(C(=O)O)csc12. The predicted octanol–water partition coefficient (Wildman–Crippen LogP) is 2.62. The van der Waals surface area contributed by atoms with Crippen molar-refractivity contribution in [3.8, 4) is 5.75 Å². The first kappa shape index (κ1) is 11.9. The molecular formula is C11H7ClO4S. The minimum absolute atomic E-state index is 0.191. The zero-order chi connectivity index (χ0) is 12.6. The molecule has 0 fully saturated rings. The zero-order valence-corrected chi connectivity index (χ0v) is 10.3. The van der Waals surface area contributed by atoms with Gasteiger partial charge in [-0.3, -0.25) is 4.79 Å². The molecule has 17 heavy (non-hydrogen) atoms. The second-order valence-electron chi connectivity index (χ2n) is 3.24. The van der Waals surface area contributed by atoms with E-state index in [0.29, 0.717) is 10.4 Å². The van der Waals surface area contributed by atoms with Crippen molar-refractivity contribution in [1.82, 2.24) is 0 Å². The minimum Gasteiger partial charge on any atom is -0.495 e. The van der Waals surface area contributed by atoms with Crippen molar-refractivity contribution in [2.75, 3.05) is 7.11 Å². The van der Waals surface area contributed by atoms with Crippen molar-refractivity contribution >= 4 is 39.0 Å². The molecule has 0 radical (unpaired) electrons. The van der Waals surface area contributed by atoms with Gasteiger partial charge in [-0.2, -0.15) is 0 Å². The third-order valence-corrected chi connectivity index (χ3v) is 3.60. The van der Waals surface area contributed by atoms with Crippen LogP contribution in [0.1, 0.15) is 10.4 Å². The first-order valence-corrected chi connectivity index (χ1v) is 5.83. The third-order valence-electron chi connectivity index (χ3n) is 2.29. The van der Waals surface area contributed by atoms with Crippen LogP contribution in [-0.2, 0) is 0 Å². The summed E-state index contributed by atoms with van der Waals surface area (Å²) in [5.74, 6) is -0.754. The lowest BCUT2D eigenvalue weighted by molar-refractivity contribution is 0.0696. The quantitative estimate of drug-likeness (QED) is 0.911. The minimum atomic E-state index is -1.26. The van der Waals surface area contributed by atoms with Crippen LogP contribution < -0.4 is 10.2 Å². The van der Waals surface area contributed by atoms with Crippen molar-refractivity contribution in [3.63, 3.8) is 0 Å². The Bertz CT molecular complexity index is 662. The molecule has 88 valence electrons. The first-order chi connectivity index (χ1) is 8.06. The summed E-state index contributed by atoms with van der Waals surface area (Å²) in [6.45, 7) is 0. The number of hydrogen-bond acceptors (Lipinski definition) is 4. The Morgan fingerprint density at radius 2 is 2.18 bits per heavy atom. The molecule has 0 spiro atoms. The zero-order valence-electron chi connectivity index (χ0n) is 8.69. The molecule has 2 aromatic rings. The summed E-state index contributed by atoms with van der Waals surface area (Å²) in [5, 5.41) is 10.6. The number of methoxy groups -OCH3 is 1. The number of fused-ring (bicyclic) bond motifs is 1. The Morgan fingerprint density at radius 3 is 2.76 bits per heavy atom. The molecule has 1 N–H and O–H groups in total. The number of carbonyl (C=O) groups is 1. The number of rotatable bonds is 2. The maximum atomic E-state index is 11.9. The third kappa shape index (κ3) is 1.87. The standard InChI is InChI=1S/C11H7ClO4S/c1-16-7-3-2-6(12)8-9(13)5(11(14)15)4-17-10(7)8/h2-4H,1H3,(H,14,15). The summed E-state index contributed by atoms with van der Waals surface area (Å²) in [6.07, 6.45) is 0. The summed E-state index contributed by atoms with van der Waals surface area (Å²) in [7, 11) is 1.48. The van der Waals surface area contributed by atoms with Gasteiger partial charge in [-0.15, -0.1) is 11.3 Å². The molecule has 6 heteroatoms. The van der Waals surface area contributed by atoms with E-state index < -0.39 is 11.4 Å². The molecule has 4 nitrogen and oxygen atoms in total. The molecule has 1 heterocycles. The van der Waals surface area contributed by atoms with Crippen LogP contribution in [-0.4, -0.2) is 18.2 Å². The molecule has 0 aliphatic carbocycles. The molecule has 0 saturated carbocycles. The molecule has 0 unspecified atom stereocenters. The topological polar surface area (TPSA) is 63.6 Å². The Labute approximate surface area is 105 Å². The van der Waals surface area contributed by atoms with Crippen LogP contribution in [0.15, 0.2) is 22.3 Å². The monoisotopic (exact) mass is 270 g/mol. The van der Waals surface area contributed by atoms with Gasteiger partial charge < -0.3 is 9.84 Å². The van der Waals surface area contributed by atoms with Gasteiger partial charge in [0.25, 0.3) is 0 Å². The summed E-state index contributed by atoms with van der Waals surface area (Å²) >= 11 is 7.05. The van der Waals surface area contributed by atoms with Gasteiger partial charge in [0.2, 0.25) is 5.43 Å². The number of aromatic carboxylic acids is 1. The lowest BCUT2D eigenvalue weighted by Gasteiger charge is -2.05. The second kappa shape index (κ2) is 4.35. The molecular weight excluding hydrogens is 264 g/mol. The fraction of sp³-hybridized carbons (Fsp3) is 0.0909. The Morgan fingerprint density at radius 1 is 1.47 bits per heavy atom. The highest BCUT2D eigenvalue weighted by molar-refractivity contribution is 7.17. The van der Waals surface area contributed by atoms with Crippen LogP contribution >= 0.6 is 22.9 Å². The Kier molecular flexibility index (Phi) is 3.04. The highest BCUT2D eigenvalue weighted by atomic mass is 35.5. The van der Waals surface area contributed by atoms with Crippen LogP contribution in [0.25, 0.3) is 10.1 Å². The maximum absolute atomic E-state index is 11.9. The number of carboxylic acid groups (broad SMARTS) is 1. The van der Waals surface area contributed by atoms with Gasteiger partial charge in [-0.05, 0) is 12.1 Å². The number of ether oxygens (including phenoxy) is 1. The molecule has 0 amide bonds. The fourth-order valence-electron chi connectivity index (χ4n) is 1.48. The first-order valence-electron chi connectivity index (χ1n) is 4.57. The molecule has 1 aromatic carbocycles. The van der Waals surface area contributed by atoms with E-state index in [9.17, 15) is 9.59 Å². The van der Waals surface area contributed by atoms with Gasteiger partial charge in [0, 0.05) is 5.38 Å². The van der Waals surface area contributed by atoms with Crippen LogP contribution in [0.2, 0.25) is 5.02 Å². The summed E-state index contributed by atoms with van der Waals surface area (Å²) < 4.78 is 5.65. The largest absolute Gasteiger partial charge is 0.495 e. The van der Waals surface area contributed by atoms with Crippen LogP contribution in [0.3, 0.4) is 0 Å². The van der Waals surface area contributed by atoms with E-state index in [-0.39, 0.29) is 16.0 Å². The van der Waals surface area contributed by atoms with Gasteiger partial charge >= 0.3 is 5.97 Å². The van der Waals surface area contributed by atoms with Crippen molar-refractivity contribution < 1.29 is 14.6 Å². The van der Waals surface area contributed by atoms with Crippen molar-refractivity contribution in [3.05, 3.63) is 38.3 Å². The molecule has 0 bridgehead atoms. The van der Waals surface area contributed by atoms with E-state index in [1.54, 1.807) is 6.07 Å². The highest BCUT2D eigenvalue weighted by Gasteiger charge is 2.16. The summed E-state index contributed by atoms with van der Waals surface area (Å²) in [5.41, 5.74) is -0.868. The van der Waals surface area contributed by atoms with E-state index >= 15 is 0 Å². The van der Waals surface area contributed by atoms with Crippen LogP contribution in [0.4, 0.5) is 0 Å². The number of hydrogen-bond donors (Lipinski definition) is 1. The van der Waals surface area contributed by atoms with E-state index in [4.69, 9.17) is 21.4 Å². The lowest BCUT2D eigenvalue weighted by Crippen LogP contribution is -2.13. The number of carboxylic acids is 1. The average Bonchev–Trinajstić information content (AvgIpc) is 2.29. The van der Waals surface area contributed by atoms with Gasteiger partial charge in [0.15, 0.2) is 0 Å². The number of halogens is 1. The van der Waals surface area contributed by atoms with Crippen LogP contribution in [0.5, 0.6) is 5.75 Å². The van der Waals surface area contributed by atoms with Gasteiger partial charge in [0.05, 0.1) is 22.2 Å². The van der Waals surface area contributed by atoms with Gasteiger partial charge in [-0.25, -0.2) is 4.79 Å². The van der Waals surface area contributed by atoms with Crippen LogP contribution in [0, 0.1) is 0 Å². The van der Waals surface area contributed by atoms with E-state index in [2.05, 4.69) is 0 Å². The summed E-state index contributed by atoms with van der Waals surface area (Å²) in [4.78, 5) is 22.8. The maximum Gasteiger partial charge on any atom is 0.340 e. The lowest BCUT2D eigenvalue weighted by atomic mass is 10.2. The fourth-order valence-corrected chi connectivity index (χ4v) is 2.81. The normalized spacial score (nSPS) is 10.5. The van der Waals surface area contributed by atoms with Crippen molar-refractivity contribution in [2.45, 2.75) is 0 Å². The summed E-state index contributed by atoms with van der Waals surface area (Å²) in [6, 6.07) is 3.16. The second-order valence-corrected chi connectivity index (χ2v) is 4.52. The van der Waals surface area contributed by atoms with Gasteiger partial charge in [0.1, 0.15) is 11.3 Å². The van der Waals surface area contributed by atoms with E-state index in [0.717, 1.165) is 11.3 Å². The molecule has 0 saturated heterocycles.